The van der Waals surface area contributed by atoms with Crippen LogP contribution in [0.4, 0.5) is 0 Å². The van der Waals surface area contributed by atoms with E-state index >= 15 is 0 Å². The molecule has 7 nitrogen and oxygen atoms in total. The molecule has 0 atom stereocenters. The van der Waals surface area contributed by atoms with Gasteiger partial charge in [0.2, 0.25) is 16.0 Å². The molecule has 0 spiro atoms. The van der Waals surface area contributed by atoms with Crippen molar-refractivity contribution in [2.75, 3.05) is 6.61 Å². The molecule has 0 unspecified atom stereocenters. The SMILES string of the molecule is CCOC(=O)c1noc(C2CC2)c1C(=O)c1ccccc1C(c1ccc(C)cc1C)=S(=O)=O. The van der Waals surface area contributed by atoms with Gasteiger partial charge in [-0.2, -0.15) is 8.42 Å². The van der Waals surface area contributed by atoms with Gasteiger partial charge >= 0.3 is 5.97 Å². The molecule has 1 aliphatic rings. The van der Waals surface area contributed by atoms with Gasteiger partial charge in [-0.3, -0.25) is 4.79 Å². The summed E-state index contributed by atoms with van der Waals surface area (Å²) in [7, 11) is -2.63. The molecule has 1 heterocycles. The van der Waals surface area contributed by atoms with Crippen LogP contribution in [0.25, 0.3) is 0 Å². The molecule has 0 amide bonds. The van der Waals surface area contributed by atoms with Crippen molar-refractivity contribution in [3.63, 3.8) is 0 Å². The maximum absolute atomic E-state index is 13.8. The smallest absolute Gasteiger partial charge is 0.361 e. The second kappa shape index (κ2) is 9.15. The summed E-state index contributed by atoms with van der Waals surface area (Å²) in [5, 5.41) is 3.84. The van der Waals surface area contributed by atoms with Crippen LogP contribution >= 0.6 is 0 Å². The topological polar surface area (TPSA) is 104 Å². The molecule has 1 fully saturated rings. The van der Waals surface area contributed by atoms with Gasteiger partial charge in [0.25, 0.3) is 0 Å². The van der Waals surface area contributed by atoms with Gasteiger partial charge in [-0.1, -0.05) is 53.2 Å². The summed E-state index contributed by atoms with van der Waals surface area (Å²) in [6.07, 6.45) is 1.65. The second-order valence-electron chi connectivity index (χ2n) is 8.02. The fourth-order valence-electron chi connectivity index (χ4n) is 3.89. The lowest BCUT2D eigenvalue weighted by molar-refractivity contribution is 0.0512. The molecule has 2 aromatic carbocycles. The first-order valence-corrected chi connectivity index (χ1v) is 11.8. The van der Waals surface area contributed by atoms with Crippen LogP contribution in [0.3, 0.4) is 0 Å². The number of aryl methyl sites for hydroxylation is 2. The Morgan fingerprint density at radius 1 is 1.06 bits per heavy atom. The Bertz CT molecular complexity index is 1390. The average Bonchev–Trinajstić information content (AvgIpc) is 3.53. The number of esters is 1. The number of benzene rings is 2. The number of ketones is 1. The molecule has 0 N–H and O–H groups in total. The number of ether oxygens (including phenoxy) is 1. The van der Waals surface area contributed by atoms with Crippen molar-refractivity contribution < 1.29 is 27.3 Å². The summed E-state index contributed by atoms with van der Waals surface area (Å²) in [4.78, 5) is 26.3. The Balaban J connectivity index is 1.90. The number of rotatable bonds is 7. The standard InChI is InChI=1S/C25H23NO6S/c1-4-31-25(28)21-20(23(32-26-21)16-10-11-16)22(27)18-7-5-6-8-19(18)24(33(29)30)17-12-9-14(2)13-15(17)3/h5-9,12-13,16H,4,10-11H2,1-3H3. The first-order chi connectivity index (χ1) is 15.8. The fraction of sp³-hybridized carbons (Fsp3) is 0.280. The summed E-state index contributed by atoms with van der Waals surface area (Å²) < 4.78 is 35.2. The third-order valence-corrected chi connectivity index (χ3v) is 6.35. The Morgan fingerprint density at radius 3 is 2.36 bits per heavy atom. The predicted octanol–water partition coefficient (Wildman–Crippen LogP) is 4.02. The number of carbonyl (C=O) groups is 2. The molecule has 0 bridgehead atoms. The minimum Gasteiger partial charge on any atom is -0.461 e. The van der Waals surface area contributed by atoms with Gasteiger partial charge < -0.3 is 9.26 Å². The van der Waals surface area contributed by atoms with Crippen LogP contribution in [-0.2, 0) is 15.0 Å². The maximum atomic E-state index is 13.8. The lowest BCUT2D eigenvalue weighted by Gasteiger charge is -2.12. The highest BCUT2D eigenvalue weighted by atomic mass is 32.2. The van der Waals surface area contributed by atoms with E-state index in [1.807, 2.05) is 26.0 Å². The van der Waals surface area contributed by atoms with Gasteiger partial charge in [0.05, 0.1) is 6.61 Å². The molecule has 1 aliphatic carbocycles. The second-order valence-corrected chi connectivity index (χ2v) is 8.90. The van der Waals surface area contributed by atoms with Gasteiger partial charge in [-0.05, 0) is 39.2 Å². The van der Waals surface area contributed by atoms with Crippen LogP contribution in [0.2, 0.25) is 0 Å². The zero-order valence-corrected chi connectivity index (χ0v) is 19.4. The number of hydrogen-bond donors (Lipinski definition) is 0. The minimum absolute atomic E-state index is 0.00298. The monoisotopic (exact) mass is 465 g/mol. The van der Waals surface area contributed by atoms with Crippen molar-refractivity contribution in [1.82, 2.24) is 5.16 Å². The highest BCUT2D eigenvalue weighted by molar-refractivity contribution is 7.74. The zero-order valence-electron chi connectivity index (χ0n) is 18.5. The van der Waals surface area contributed by atoms with Crippen molar-refractivity contribution in [3.8, 4) is 0 Å². The third kappa shape index (κ3) is 4.39. The quantitative estimate of drug-likeness (QED) is 0.295. The summed E-state index contributed by atoms with van der Waals surface area (Å²) in [6, 6.07) is 11.9. The molecule has 8 heteroatoms. The van der Waals surface area contributed by atoms with E-state index in [0.717, 1.165) is 24.0 Å². The summed E-state index contributed by atoms with van der Waals surface area (Å²) in [6.45, 7) is 5.52. The lowest BCUT2D eigenvalue weighted by Crippen LogP contribution is -2.17. The van der Waals surface area contributed by atoms with Gasteiger partial charge in [0.15, 0.2) is 11.5 Å². The third-order valence-electron chi connectivity index (χ3n) is 5.57. The molecule has 0 saturated heterocycles. The van der Waals surface area contributed by atoms with Crippen molar-refractivity contribution in [3.05, 3.63) is 87.3 Å². The van der Waals surface area contributed by atoms with E-state index in [0.29, 0.717) is 11.3 Å². The molecular formula is C25H23NO6S. The lowest BCUT2D eigenvalue weighted by atomic mass is 9.91. The Kier molecular flexibility index (Phi) is 6.29. The van der Waals surface area contributed by atoms with Crippen LogP contribution < -0.4 is 0 Å². The van der Waals surface area contributed by atoms with Crippen LogP contribution in [0.5, 0.6) is 0 Å². The van der Waals surface area contributed by atoms with E-state index in [1.165, 1.54) is 0 Å². The number of nitrogens with zero attached hydrogens (tertiary/aromatic N) is 1. The fourth-order valence-corrected chi connectivity index (χ4v) is 4.66. The highest BCUT2D eigenvalue weighted by Gasteiger charge is 2.38. The zero-order chi connectivity index (χ0) is 23.7. The number of carbonyl (C=O) groups excluding carboxylic acids is 2. The molecule has 0 aliphatic heterocycles. The molecule has 0 radical (unpaired) electrons. The first kappa shape index (κ1) is 22.7. The van der Waals surface area contributed by atoms with E-state index < -0.39 is 22.0 Å². The Labute approximate surface area is 192 Å². The van der Waals surface area contributed by atoms with E-state index in [4.69, 9.17) is 9.26 Å². The molecule has 170 valence electrons. The number of aromatic nitrogens is 1. The molecule has 4 rings (SSSR count). The molecular weight excluding hydrogens is 442 g/mol. The first-order valence-electron chi connectivity index (χ1n) is 10.7. The average molecular weight is 466 g/mol. The normalized spacial score (nSPS) is 12.9. The van der Waals surface area contributed by atoms with Crippen LogP contribution in [0.1, 0.15) is 80.1 Å². The van der Waals surface area contributed by atoms with Crippen LogP contribution in [0.15, 0.2) is 47.0 Å². The van der Waals surface area contributed by atoms with E-state index in [2.05, 4.69) is 5.16 Å². The maximum Gasteiger partial charge on any atom is 0.361 e. The van der Waals surface area contributed by atoms with Crippen LogP contribution in [-0.4, -0.2) is 36.8 Å². The van der Waals surface area contributed by atoms with Crippen molar-refractivity contribution >= 4 is 26.9 Å². The molecule has 1 aromatic heterocycles. The predicted molar refractivity (Wildman–Crippen MR) is 122 cm³/mol. The molecule has 3 aromatic rings. The van der Waals surface area contributed by atoms with Gasteiger partial charge in [0, 0.05) is 22.6 Å². The van der Waals surface area contributed by atoms with E-state index in [-0.39, 0.29) is 39.8 Å². The van der Waals surface area contributed by atoms with Crippen LogP contribution in [0, 0.1) is 13.8 Å². The van der Waals surface area contributed by atoms with Gasteiger partial charge in [-0.25, -0.2) is 4.79 Å². The van der Waals surface area contributed by atoms with Crippen molar-refractivity contribution in [2.24, 2.45) is 0 Å². The van der Waals surface area contributed by atoms with E-state index in [9.17, 15) is 18.0 Å². The highest BCUT2D eigenvalue weighted by Crippen LogP contribution is 2.43. The van der Waals surface area contributed by atoms with Crippen molar-refractivity contribution in [2.45, 2.75) is 39.5 Å². The largest absolute Gasteiger partial charge is 0.461 e. The Hall–Kier alpha value is -3.52. The summed E-state index contributed by atoms with van der Waals surface area (Å²) in [5.41, 5.74) is 2.52. The Morgan fingerprint density at radius 2 is 1.76 bits per heavy atom. The number of hydrogen-bond acceptors (Lipinski definition) is 7. The molecule has 33 heavy (non-hydrogen) atoms. The van der Waals surface area contributed by atoms with Gasteiger partial charge in [-0.15, -0.1) is 0 Å². The summed E-state index contributed by atoms with van der Waals surface area (Å²) in [5.74, 6) is -0.929. The van der Waals surface area contributed by atoms with Crippen molar-refractivity contribution in [1.29, 1.82) is 0 Å². The van der Waals surface area contributed by atoms with Gasteiger partial charge in [0.1, 0.15) is 10.4 Å². The molecule has 1 saturated carbocycles. The van der Waals surface area contributed by atoms with E-state index in [1.54, 1.807) is 37.3 Å². The minimum atomic E-state index is -2.63. The summed E-state index contributed by atoms with van der Waals surface area (Å²) >= 11 is 0.